The minimum absolute atomic E-state index is 0. The quantitative estimate of drug-likeness (QED) is 0.177. The third-order valence-corrected chi connectivity index (χ3v) is 11.5. The molecule has 0 fully saturated rings. The Morgan fingerprint density at radius 1 is 0.806 bits per heavy atom. The lowest BCUT2D eigenvalue weighted by atomic mass is 10.2. The normalized spacial score (nSPS) is 11.2. The average Bonchev–Trinajstić information content (AvgIpc) is 2.76. The summed E-state index contributed by atoms with van der Waals surface area (Å²) < 4.78 is 0. The summed E-state index contributed by atoms with van der Waals surface area (Å²) in [4.78, 5) is 13.6. The molecule has 2 rings (SSSR count). The fraction of sp³-hybridized carbons (Fsp3) is 0.500. The molecule has 0 unspecified atom stereocenters. The van der Waals surface area contributed by atoms with Crippen molar-refractivity contribution in [1.82, 2.24) is 0 Å². The highest BCUT2D eigenvalue weighted by atomic mass is 35.5. The van der Waals surface area contributed by atoms with Crippen LogP contribution >= 0.6 is 31.4 Å². The molecule has 0 saturated heterocycles. The number of benzene rings is 2. The number of halogens is 1. The summed E-state index contributed by atoms with van der Waals surface area (Å²) in [5.74, 6) is 0. The summed E-state index contributed by atoms with van der Waals surface area (Å²) in [7, 11) is -0.968. The molecule has 2 aromatic carbocycles. The standard InChI is InChI=1S/C26H39NOPS.ClH/c1-4-7-18-29(19-8-5-2,20-9-6-3)21-22-10-12-23(13-11-22)26(28)30-25-16-14-24(27)15-17-25;/h10-17H,4-9,18-21,27H2,1-3H3;1H/q+1;. The van der Waals surface area contributed by atoms with Crippen molar-refractivity contribution in [3.05, 3.63) is 59.7 Å². The monoisotopic (exact) mass is 480 g/mol. The average molecular weight is 481 g/mol. The van der Waals surface area contributed by atoms with Crippen LogP contribution in [0.3, 0.4) is 0 Å². The fourth-order valence-electron chi connectivity index (χ4n) is 3.89. The molecule has 0 amide bonds. The summed E-state index contributed by atoms with van der Waals surface area (Å²) in [5.41, 5.74) is 8.65. The number of rotatable bonds is 13. The van der Waals surface area contributed by atoms with E-state index in [0.29, 0.717) is 0 Å². The number of hydrogen-bond donors (Lipinski definition) is 1. The zero-order chi connectivity index (χ0) is 21.8. The van der Waals surface area contributed by atoms with E-state index in [4.69, 9.17) is 5.73 Å². The Kier molecular flexibility index (Phi) is 13.5. The smallest absolute Gasteiger partial charge is 0.224 e. The third-order valence-electron chi connectivity index (χ3n) is 5.76. The summed E-state index contributed by atoms with van der Waals surface area (Å²) in [6, 6.07) is 15.9. The summed E-state index contributed by atoms with van der Waals surface area (Å²) >= 11 is 1.27. The van der Waals surface area contributed by atoms with Crippen LogP contribution in [0.4, 0.5) is 5.69 Å². The van der Waals surface area contributed by atoms with Crippen molar-refractivity contribution in [3.63, 3.8) is 0 Å². The Labute approximate surface area is 200 Å². The molecular formula is C26H40ClNOPS+. The van der Waals surface area contributed by atoms with Gasteiger partial charge in [-0.3, -0.25) is 4.79 Å². The Hall–Kier alpha value is -1.02. The second-order valence-electron chi connectivity index (χ2n) is 8.39. The summed E-state index contributed by atoms with van der Waals surface area (Å²) in [6.07, 6.45) is 13.5. The van der Waals surface area contributed by atoms with Gasteiger partial charge < -0.3 is 5.73 Å². The number of thioether (sulfide) groups is 1. The van der Waals surface area contributed by atoms with E-state index in [-0.39, 0.29) is 17.5 Å². The Morgan fingerprint density at radius 2 is 1.29 bits per heavy atom. The van der Waals surface area contributed by atoms with Crippen LogP contribution in [0.2, 0.25) is 0 Å². The zero-order valence-corrected chi connectivity index (χ0v) is 22.0. The maximum atomic E-state index is 12.7. The zero-order valence-electron chi connectivity index (χ0n) is 19.4. The van der Waals surface area contributed by atoms with E-state index in [9.17, 15) is 4.79 Å². The number of hydrogen-bond acceptors (Lipinski definition) is 3. The second-order valence-corrected chi connectivity index (χ2v) is 13.8. The number of unbranched alkanes of at least 4 members (excludes halogenated alkanes) is 3. The van der Waals surface area contributed by atoms with Crippen molar-refractivity contribution in [2.24, 2.45) is 0 Å². The lowest BCUT2D eigenvalue weighted by Gasteiger charge is -2.28. The molecule has 0 aliphatic carbocycles. The first-order valence-electron chi connectivity index (χ1n) is 11.5. The molecule has 2 aromatic rings. The highest BCUT2D eigenvalue weighted by molar-refractivity contribution is 8.14. The number of nitrogen functional groups attached to an aromatic ring is 1. The van der Waals surface area contributed by atoms with E-state index >= 15 is 0 Å². The van der Waals surface area contributed by atoms with E-state index in [0.717, 1.165) is 16.1 Å². The highest BCUT2D eigenvalue weighted by Crippen LogP contribution is 2.63. The molecule has 5 heteroatoms. The van der Waals surface area contributed by atoms with Crippen LogP contribution < -0.4 is 5.73 Å². The fourth-order valence-corrected chi connectivity index (χ4v) is 9.72. The molecule has 2 N–H and O–H groups in total. The number of nitrogens with two attached hydrogens (primary N) is 1. The summed E-state index contributed by atoms with van der Waals surface area (Å²) in [6.45, 7) is 6.94. The second kappa shape index (κ2) is 14.9. The van der Waals surface area contributed by atoms with E-state index in [1.807, 2.05) is 36.4 Å². The van der Waals surface area contributed by atoms with E-state index in [1.54, 1.807) is 0 Å². The lowest BCUT2D eigenvalue weighted by Crippen LogP contribution is -2.11. The first-order valence-corrected chi connectivity index (χ1v) is 14.9. The Bertz CT molecular complexity index is 742. The topological polar surface area (TPSA) is 43.1 Å². The molecular weight excluding hydrogens is 441 g/mol. The van der Waals surface area contributed by atoms with Crippen molar-refractivity contribution < 1.29 is 4.79 Å². The Balaban J connectivity index is 0.00000480. The maximum absolute atomic E-state index is 12.7. The van der Waals surface area contributed by atoms with Crippen LogP contribution in [0.1, 0.15) is 75.2 Å². The van der Waals surface area contributed by atoms with Gasteiger partial charge in [-0.1, -0.05) is 64.3 Å². The van der Waals surface area contributed by atoms with Crippen LogP contribution in [0.5, 0.6) is 0 Å². The van der Waals surface area contributed by atoms with E-state index < -0.39 is 7.26 Å². The Morgan fingerprint density at radius 3 is 1.74 bits per heavy atom. The van der Waals surface area contributed by atoms with Crippen molar-refractivity contribution in [3.8, 4) is 0 Å². The third kappa shape index (κ3) is 9.56. The predicted molar refractivity (Wildman–Crippen MR) is 145 cm³/mol. The summed E-state index contributed by atoms with van der Waals surface area (Å²) in [5, 5.41) is 0.0929. The minimum Gasteiger partial charge on any atom is -0.399 e. The molecule has 31 heavy (non-hydrogen) atoms. The van der Waals surface area contributed by atoms with Gasteiger partial charge in [0.25, 0.3) is 0 Å². The molecule has 172 valence electrons. The molecule has 0 atom stereocenters. The molecule has 0 heterocycles. The van der Waals surface area contributed by atoms with E-state index in [1.165, 1.54) is 80.5 Å². The van der Waals surface area contributed by atoms with Crippen molar-refractivity contribution >= 4 is 42.2 Å². The van der Waals surface area contributed by atoms with Gasteiger partial charge in [0.2, 0.25) is 5.12 Å². The van der Waals surface area contributed by atoms with Crippen molar-refractivity contribution in [2.45, 2.75) is 70.4 Å². The first-order chi connectivity index (χ1) is 14.5. The molecule has 2 nitrogen and oxygen atoms in total. The van der Waals surface area contributed by atoms with Gasteiger partial charge >= 0.3 is 0 Å². The number of carbonyl (C=O) groups is 1. The van der Waals surface area contributed by atoms with Gasteiger partial charge in [-0.15, -0.1) is 12.4 Å². The van der Waals surface area contributed by atoms with Gasteiger partial charge in [-0.05, 0) is 60.9 Å². The van der Waals surface area contributed by atoms with Gasteiger partial charge in [-0.2, -0.15) is 0 Å². The van der Waals surface area contributed by atoms with Crippen LogP contribution in [-0.4, -0.2) is 23.6 Å². The molecule has 0 aliphatic heterocycles. The van der Waals surface area contributed by atoms with Crippen molar-refractivity contribution in [1.29, 1.82) is 0 Å². The molecule has 0 radical (unpaired) electrons. The van der Waals surface area contributed by atoms with Gasteiger partial charge in [0, 0.05) is 23.4 Å². The molecule has 0 bridgehead atoms. The van der Waals surface area contributed by atoms with E-state index in [2.05, 4.69) is 32.9 Å². The predicted octanol–water partition coefficient (Wildman–Crippen LogP) is 8.54. The molecule has 0 aromatic heterocycles. The van der Waals surface area contributed by atoms with Crippen molar-refractivity contribution in [2.75, 3.05) is 24.2 Å². The van der Waals surface area contributed by atoms with Crippen LogP contribution in [-0.2, 0) is 6.16 Å². The van der Waals surface area contributed by atoms with Crippen LogP contribution in [0.15, 0.2) is 53.4 Å². The largest absolute Gasteiger partial charge is 0.399 e. The molecule has 0 saturated carbocycles. The lowest BCUT2D eigenvalue weighted by molar-refractivity contribution is 0.108. The molecule has 0 spiro atoms. The van der Waals surface area contributed by atoms with Gasteiger partial charge in [0.05, 0.1) is 24.6 Å². The minimum atomic E-state index is -0.968. The van der Waals surface area contributed by atoms with Crippen LogP contribution in [0.25, 0.3) is 0 Å². The number of anilines is 1. The SMILES string of the molecule is CCCC[P+](CCCC)(CCCC)Cc1ccc(C(=O)Sc2ccc(N)cc2)cc1.Cl. The number of carbonyl (C=O) groups excluding carboxylic acids is 1. The highest BCUT2D eigenvalue weighted by Gasteiger charge is 2.35. The van der Waals surface area contributed by atoms with Crippen LogP contribution in [0, 0.1) is 0 Å². The van der Waals surface area contributed by atoms with Gasteiger partial charge in [0.1, 0.15) is 0 Å². The van der Waals surface area contributed by atoms with Gasteiger partial charge in [-0.25, -0.2) is 0 Å². The molecule has 0 aliphatic rings. The maximum Gasteiger partial charge on any atom is 0.224 e. The first kappa shape index (κ1) is 28.0. The van der Waals surface area contributed by atoms with Gasteiger partial charge in [0.15, 0.2) is 0 Å².